The molecule has 1 aliphatic rings. The maximum atomic E-state index is 12.6. The third kappa shape index (κ3) is 2.26. The summed E-state index contributed by atoms with van der Waals surface area (Å²) in [7, 11) is 0. The number of carbonyl (C=O) groups excluding carboxylic acids is 1. The fourth-order valence-electron chi connectivity index (χ4n) is 2.63. The van der Waals surface area contributed by atoms with Crippen molar-refractivity contribution in [1.82, 2.24) is 4.90 Å². The monoisotopic (exact) mass is 275 g/mol. The highest BCUT2D eigenvalue weighted by atomic mass is 32.1. The molecule has 4 heteroatoms. The number of aliphatic hydroxyl groups excluding tert-OH is 1. The van der Waals surface area contributed by atoms with Crippen LogP contribution < -0.4 is 0 Å². The molecular formula is C15H17NO2S. The number of hydrogen-bond donors (Lipinski definition) is 1. The first kappa shape index (κ1) is 12.6. The number of piperidine rings is 1. The fraction of sp³-hybridized carbons (Fsp3) is 0.400. The van der Waals surface area contributed by atoms with Crippen molar-refractivity contribution in [3.63, 3.8) is 0 Å². The van der Waals surface area contributed by atoms with Crippen LogP contribution in [0.25, 0.3) is 10.1 Å². The second kappa shape index (κ2) is 4.94. The zero-order valence-corrected chi connectivity index (χ0v) is 11.7. The van der Waals surface area contributed by atoms with Crippen LogP contribution in [-0.2, 0) is 0 Å². The quantitative estimate of drug-likeness (QED) is 0.869. The minimum absolute atomic E-state index is 0.0937. The number of fused-ring (bicyclic) bond motifs is 1. The van der Waals surface area contributed by atoms with Gasteiger partial charge in [0.25, 0.3) is 5.91 Å². The van der Waals surface area contributed by atoms with Gasteiger partial charge >= 0.3 is 0 Å². The van der Waals surface area contributed by atoms with E-state index in [1.54, 1.807) is 11.3 Å². The van der Waals surface area contributed by atoms with Crippen molar-refractivity contribution in [3.05, 3.63) is 35.2 Å². The molecule has 0 aliphatic carbocycles. The second-order valence-electron chi connectivity index (χ2n) is 5.23. The Bertz CT molecular complexity index is 607. The maximum absolute atomic E-state index is 12.6. The molecule has 1 aromatic carbocycles. The van der Waals surface area contributed by atoms with E-state index < -0.39 is 0 Å². The third-order valence-corrected chi connectivity index (χ3v) is 4.82. The van der Waals surface area contributed by atoms with E-state index in [4.69, 9.17) is 0 Å². The summed E-state index contributed by atoms with van der Waals surface area (Å²) in [6, 6.07) is 8.00. The number of nitrogens with zero attached hydrogens (tertiary/aromatic N) is 1. The SMILES string of the molecule is CC1CN(C(=O)c2csc3ccccc23)CCC1O. The molecule has 2 unspecified atom stereocenters. The van der Waals surface area contributed by atoms with Crippen LogP contribution in [0.15, 0.2) is 29.6 Å². The van der Waals surface area contributed by atoms with Crippen LogP contribution in [0.5, 0.6) is 0 Å². The highest BCUT2D eigenvalue weighted by molar-refractivity contribution is 7.17. The smallest absolute Gasteiger partial charge is 0.255 e. The summed E-state index contributed by atoms with van der Waals surface area (Å²) >= 11 is 1.61. The van der Waals surface area contributed by atoms with Crippen molar-refractivity contribution in [2.24, 2.45) is 5.92 Å². The normalized spacial score (nSPS) is 23.8. The number of amides is 1. The zero-order chi connectivity index (χ0) is 13.4. The van der Waals surface area contributed by atoms with Crippen molar-refractivity contribution in [2.75, 3.05) is 13.1 Å². The number of hydrogen-bond acceptors (Lipinski definition) is 3. The molecule has 0 radical (unpaired) electrons. The Morgan fingerprint density at radius 3 is 3.00 bits per heavy atom. The first-order valence-corrected chi connectivity index (χ1v) is 7.48. The van der Waals surface area contributed by atoms with E-state index >= 15 is 0 Å². The van der Waals surface area contributed by atoms with E-state index in [1.165, 1.54) is 0 Å². The Balaban J connectivity index is 1.88. The number of carbonyl (C=O) groups is 1. The first-order valence-electron chi connectivity index (χ1n) is 6.60. The lowest BCUT2D eigenvalue weighted by atomic mass is 9.96. The summed E-state index contributed by atoms with van der Waals surface area (Å²) in [6.07, 6.45) is 0.401. The molecule has 0 spiro atoms. The van der Waals surface area contributed by atoms with E-state index in [9.17, 15) is 9.90 Å². The van der Waals surface area contributed by atoms with E-state index in [-0.39, 0.29) is 17.9 Å². The summed E-state index contributed by atoms with van der Waals surface area (Å²) in [5.74, 6) is 0.249. The van der Waals surface area contributed by atoms with Crippen molar-refractivity contribution in [1.29, 1.82) is 0 Å². The van der Waals surface area contributed by atoms with E-state index in [0.29, 0.717) is 19.5 Å². The van der Waals surface area contributed by atoms with Crippen molar-refractivity contribution >= 4 is 27.3 Å². The average molecular weight is 275 g/mol. The molecule has 1 saturated heterocycles. The first-order chi connectivity index (χ1) is 9.16. The Morgan fingerprint density at radius 2 is 2.21 bits per heavy atom. The van der Waals surface area contributed by atoms with E-state index in [1.807, 2.05) is 41.5 Å². The zero-order valence-electron chi connectivity index (χ0n) is 10.9. The molecule has 1 fully saturated rings. The van der Waals surface area contributed by atoms with Crippen LogP contribution >= 0.6 is 11.3 Å². The van der Waals surface area contributed by atoms with Gasteiger partial charge in [0.1, 0.15) is 0 Å². The van der Waals surface area contributed by atoms with Crippen LogP contribution in [-0.4, -0.2) is 35.1 Å². The van der Waals surface area contributed by atoms with Gasteiger partial charge in [-0.25, -0.2) is 0 Å². The molecule has 2 heterocycles. The highest BCUT2D eigenvalue weighted by Crippen LogP contribution is 2.28. The van der Waals surface area contributed by atoms with Crippen LogP contribution in [0, 0.1) is 5.92 Å². The maximum Gasteiger partial charge on any atom is 0.255 e. The fourth-order valence-corrected chi connectivity index (χ4v) is 3.57. The Kier molecular flexibility index (Phi) is 3.29. The molecule has 3 rings (SSSR count). The van der Waals surface area contributed by atoms with Gasteiger partial charge in [0, 0.05) is 28.6 Å². The molecular weight excluding hydrogens is 258 g/mol. The van der Waals surface area contributed by atoms with Gasteiger partial charge in [-0.3, -0.25) is 4.79 Å². The van der Waals surface area contributed by atoms with Gasteiger partial charge in [-0.15, -0.1) is 11.3 Å². The molecule has 0 bridgehead atoms. The molecule has 19 heavy (non-hydrogen) atoms. The second-order valence-corrected chi connectivity index (χ2v) is 6.14. The van der Waals surface area contributed by atoms with Crippen molar-refractivity contribution in [3.8, 4) is 0 Å². The summed E-state index contributed by atoms with van der Waals surface area (Å²) in [5.41, 5.74) is 0.796. The topological polar surface area (TPSA) is 40.5 Å². The summed E-state index contributed by atoms with van der Waals surface area (Å²) in [6.45, 7) is 3.29. The summed E-state index contributed by atoms with van der Waals surface area (Å²) < 4.78 is 1.15. The number of aliphatic hydroxyl groups is 1. The van der Waals surface area contributed by atoms with Gasteiger partial charge in [0.15, 0.2) is 0 Å². The van der Waals surface area contributed by atoms with E-state index in [0.717, 1.165) is 15.6 Å². The minimum Gasteiger partial charge on any atom is -0.393 e. The van der Waals surface area contributed by atoms with Gasteiger partial charge in [0.2, 0.25) is 0 Å². The van der Waals surface area contributed by atoms with Crippen LogP contribution in [0.2, 0.25) is 0 Å². The van der Waals surface area contributed by atoms with Crippen molar-refractivity contribution in [2.45, 2.75) is 19.4 Å². The molecule has 1 N–H and O–H groups in total. The molecule has 1 aromatic heterocycles. The van der Waals surface area contributed by atoms with Crippen LogP contribution in [0.1, 0.15) is 23.7 Å². The molecule has 1 amide bonds. The molecule has 2 aromatic rings. The molecule has 0 saturated carbocycles. The lowest BCUT2D eigenvalue weighted by Gasteiger charge is -2.34. The third-order valence-electron chi connectivity index (χ3n) is 3.86. The number of rotatable bonds is 1. The molecule has 3 nitrogen and oxygen atoms in total. The van der Waals surface area contributed by atoms with Gasteiger partial charge in [0.05, 0.1) is 11.7 Å². The van der Waals surface area contributed by atoms with Crippen LogP contribution in [0.3, 0.4) is 0 Å². The number of likely N-dealkylation sites (tertiary alicyclic amines) is 1. The Hall–Kier alpha value is -1.39. The van der Waals surface area contributed by atoms with Crippen molar-refractivity contribution < 1.29 is 9.90 Å². The summed E-state index contributed by atoms with van der Waals surface area (Å²) in [4.78, 5) is 14.4. The predicted octanol–water partition coefficient (Wildman–Crippen LogP) is 2.74. The Labute approximate surface area is 116 Å². The summed E-state index contributed by atoms with van der Waals surface area (Å²) in [5, 5.41) is 12.7. The van der Waals surface area contributed by atoms with Gasteiger partial charge in [-0.2, -0.15) is 0 Å². The van der Waals surface area contributed by atoms with Gasteiger partial charge in [-0.1, -0.05) is 25.1 Å². The standard InChI is InChI=1S/C15H17NO2S/c1-10-8-16(7-6-13(10)17)15(18)12-9-19-14-5-3-2-4-11(12)14/h2-5,9-10,13,17H,6-8H2,1H3. The number of thiophene rings is 1. The molecule has 2 atom stereocenters. The van der Waals surface area contributed by atoms with Crippen LogP contribution in [0.4, 0.5) is 0 Å². The predicted molar refractivity (Wildman–Crippen MR) is 77.5 cm³/mol. The lowest BCUT2D eigenvalue weighted by Crippen LogP contribution is -2.44. The van der Waals surface area contributed by atoms with E-state index in [2.05, 4.69) is 0 Å². The van der Waals surface area contributed by atoms with Gasteiger partial charge < -0.3 is 10.0 Å². The number of benzene rings is 1. The largest absolute Gasteiger partial charge is 0.393 e. The highest BCUT2D eigenvalue weighted by Gasteiger charge is 2.28. The van der Waals surface area contributed by atoms with Gasteiger partial charge in [-0.05, 0) is 18.4 Å². The lowest BCUT2D eigenvalue weighted by molar-refractivity contribution is 0.0299. The Morgan fingerprint density at radius 1 is 1.42 bits per heavy atom. The average Bonchev–Trinajstić information content (AvgIpc) is 2.85. The molecule has 1 aliphatic heterocycles. The molecule has 100 valence electrons. The minimum atomic E-state index is -0.275.